The quantitative estimate of drug-likeness (QED) is 0.619. The number of rotatable bonds is 4. The number of carbonyl (C=O) groups is 1. The first-order valence-electron chi connectivity index (χ1n) is 10.1. The molecule has 7 heteroatoms. The number of halogens is 1. The van der Waals surface area contributed by atoms with Gasteiger partial charge in [-0.25, -0.2) is 0 Å². The van der Waals surface area contributed by atoms with Crippen LogP contribution >= 0.6 is 15.9 Å². The fourth-order valence-corrected chi connectivity index (χ4v) is 4.72. The minimum Gasteiger partial charge on any atom is -0.491 e. The molecule has 5 rings (SSSR count). The maximum absolute atomic E-state index is 13.9. The van der Waals surface area contributed by atoms with Crippen molar-refractivity contribution >= 4 is 21.8 Å². The van der Waals surface area contributed by atoms with Gasteiger partial charge in [0, 0.05) is 28.8 Å². The number of aromatic nitrogens is 1. The van der Waals surface area contributed by atoms with Gasteiger partial charge in [-0.05, 0) is 39.7 Å². The number of hydrogen-bond acceptors (Lipinski definition) is 5. The van der Waals surface area contributed by atoms with Crippen LogP contribution in [0.15, 0.2) is 71.4 Å². The second-order valence-electron chi connectivity index (χ2n) is 7.59. The van der Waals surface area contributed by atoms with Crippen LogP contribution in [0, 0.1) is 0 Å². The number of fused-ring (bicyclic) bond motifs is 3. The van der Waals surface area contributed by atoms with E-state index in [9.17, 15) is 4.79 Å². The van der Waals surface area contributed by atoms with E-state index in [-0.39, 0.29) is 12.5 Å². The Morgan fingerprint density at radius 3 is 2.74 bits per heavy atom. The van der Waals surface area contributed by atoms with Gasteiger partial charge in [0.1, 0.15) is 31.0 Å². The fourth-order valence-electron chi connectivity index (χ4n) is 4.34. The Labute approximate surface area is 188 Å². The third-order valence-corrected chi connectivity index (χ3v) is 6.55. The van der Waals surface area contributed by atoms with E-state index in [1.807, 2.05) is 47.4 Å². The van der Waals surface area contributed by atoms with Gasteiger partial charge in [0.15, 0.2) is 11.5 Å². The summed E-state index contributed by atoms with van der Waals surface area (Å²) in [5, 5.41) is 0. The zero-order valence-corrected chi connectivity index (χ0v) is 18.4. The largest absolute Gasteiger partial charge is 0.491 e. The molecule has 158 valence electrons. The van der Waals surface area contributed by atoms with E-state index in [0.29, 0.717) is 43.6 Å². The molecule has 1 fully saturated rings. The average Bonchev–Trinajstić information content (AvgIpc) is 3.28. The summed E-state index contributed by atoms with van der Waals surface area (Å²) in [6.07, 6.45) is 9.20. The summed E-state index contributed by atoms with van der Waals surface area (Å²) in [4.78, 5) is 20.1. The van der Waals surface area contributed by atoms with E-state index in [1.165, 1.54) is 0 Å². The van der Waals surface area contributed by atoms with Crippen LogP contribution in [0.1, 0.15) is 11.3 Å². The number of nitrogens with zero attached hydrogens (tertiary/aromatic N) is 2. The van der Waals surface area contributed by atoms with Gasteiger partial charge in [-0.1, -0.05) is 30.9 Å². The molecule has 6 nitrogen and oxygen atoms in total. The summed E-state index contributed by atoms with van der Waals surface area (Å²) in [6, 6.07) is 7.53. The van der Waals surface area contributed by atoms with Crippen molar-refractivity contribution in [3.63, 3.8) is 0 Å². The van der Waals surface area contributed by atoms with Crippen LogP contribution in [0.25, 0.3) is 0 Å². The summed E-state index contributed by atoms with van der Waals surface area (Å²) in [6.45, 7) is 5.86. The number of allylic oxidation sites excluding steroid dienone is 4. The lowest BCUT2D eigenvalue weighted by atomic mass is 9.77. The monoisotopic (exact) mass is 480 g/mol. The molecule has 1 atom stereocenters. The topological polar surface area (TPSA) is 60.9 Å². The van der Waals surface area contributed by atoms with Gasteiger partial charge in [-0.3, -0.25) is 9.78 Å². The van der Waals surface area contributed by atoms with Crippen molar-refractivity contribution in [2.75, 3.05) is 26.4 Å². The molecule has 31 heavy (non-hydrogen) atoms. The lowest BCUT2D eigenvalue weighted by Gasteiger charge is -2.24. The van der Waals surface area contributed by atoms with E-state index in [1.54, 1.807) is 12.3 Å². The molecule has 2 aromatic rings. The van der Waals surface area contributed by atoms with Gasteiger partial charge in [0.05, 0.1) is 12.2 Å². The molecule has 1 unspecified atom stereocenters. The Morgan fingerprint density at radius 2 is 1.97 bits per heavy atom. The van der Waals surface area contributed by atoms with Crippen molar-refractivity contribution in [3.05, 3.63) is 82.6 Å². The van der Waals surface area contributed by atoms with Crippen LogP contribution in [0.2, 0.25) is 0 Å². The fraction of sp³-hybridized carbons (Fsp3) is 0.250. The minimum absolute atomic E-state index is 0.00117. The Bertz CT molecular complexity index is 1130. The molecule has 1 saturated heterocycles. The molecule has 0 bridgehead atoms. The van der Waals surface area contributed by atoms with Gasteiger partial charge in [-0.2, -0.15) is 0 Å². The Hall–Kier alpha value is -3.06. The minimum atomic E-state index is -0.891. The molecule has 1 amide bonds. The summed E-state index contributed by atoms with van der Waals surface area (Å²) < 4.78 is 18.4. The molecule has 1 aromatic carbocycles. The van der Waals surface area contributed by atoms with Gasteiger partial charge in [-0.15, -0.1) is 0 Å². The number of ether oxygens (including phenoxy) is 3. The van der Waals surface area contributed by atoms with Crippen molar-refractivity contribution in [3.8, 4) is 17.2 Å². The van der Waals surface area contributed by atoms with E-state index >= 15 is 0 Å². The number of pyridine rings is 1. The third kappa shape index (κ3) is 3.24. The van der Waals surface area contributed by atoms with Crippen molar-refractivity contribution in [2.45, 2.75) is 12.0 Å². The van der Waals surface area contributed by atoms with Crippen LogP contribution in [-0.4, -0.2) is 42.2 Å². The molecule has 1 aromatic heterocycles. The second kappa shape index (κ2) is 7.89. The highest BCUT2D eigenvalue weighted by atomic mass is 79.9. The van der Waals surface area contributed by atoms with Crippen molar-refractivity contribution in [1.82, 2.24) is 9.88 Å². The van der Waals surface area contributed by atoms with E-state index in [2.05, 4.69) is 27.5 Å². The Balaban J connectivity index is 1.59. The van der Waals surface area contributed by atoms with E-state index < -0.39 is 5.41 Å². The predicted octanol–water partition coefficient (Wildman–Crippen LogP) is 3.96. The molecular weight excluding hydrogens is 460 g/mol. The van der Waals surface area contributed by atoms with Crippen LogP contribution in [0.5, 0.6) is 17.2 Å². The molecule has 3 aliphatic heterocycles. The first kappa shape index (κ1) is 19.9. The SMILES string of the molecule is C=C/C=C\C=C1/CN(Cc2ncccc2Br)C(=O)C12COc1cc3c(cc12)OCCO3. The van der Waals surface area contributed by atoms with Crippen LogP contribution < -0.4 is 14.2 Å². The average molecular weight is 481 g/mol. The molecular formula is C24H21BrN2O4. The number of amides is 1. The maximum atomic E-state index is 13.9. The lowest BCUT2D eigenvalue weighted by Crippen LogP contribution is -2.39. The third-order valence-electron chi connectivity index (χ3n) is 5.83. The highest BCUT2D eigenvalue weighted by molar-refractivity contribution is 9.10. The van der Waals surface area contributed by atoms with Gasteiger partial charge >= 0.3 is 0 Å². The first-order valence-corrected chi connectivity index (χ1v) is 10.9. The van der Waals surface area contributed by atoms with Crippen molar-refractivity contribution in [1.29, 1.82) is 0 Å². The highest BCUT2D eigenvalue weighted by Crippen LogP contribution is 2.52. The summed E-state index contributed by atoms with van der Waals surface area (Å²) in [5.41, 5.74) is 1.72. The summed E-state index contributed by atoms with van der Waals surface area (Å²) in [5.74, 6) is 1.96. The normalized spacial score (nSPS) is 22.9. The molecule has 4 heterocycles. The number of carbonyl (C=O) groups excluding carboxylic acids is 1. The predicted molar refractivity (Wildman–Crippen MR) is 119 cm³/mol. The molecule has 1 spiro atoms. The van der Waals surface area contributed by atoms with E-state index in [0.717, 1.165) is 21.3 Å². The van der Waals surface area contributed by atoms with E-state index in [4.69, 9.17) is 14.2 Å². The number of likely N-dealkylation sites (tertiary alicyclic amines) is 1. The molecule has 0 saturated carbocycles. The van der Waals surface area contributed by atoms with Crippen molar-refractivity contribution in [2.24, 2.45) is 0 Å². The van der Waals surface area contributed by atoms with Crippen LogP contribution in [-0.2, 0) is 16.8 Å². The number of benzene rings is 1. The van der Waals surface area contributed by atoms with Gasteiger partial charge in [0.25, 0.3) is 0 Å². The molecule has 0 aliphatic carbocycles. The Kier molecular flexibility index (Phi) is 5.06. The maximum Gasteiger partial charge on any atom is 0.241 e. The summed E-state index contributed by atoms with van der Waals surface area (Å²) in [7, 11) is 0. The molecule has 3 aliphatic rings. The first-order chi connectivity index (χ1) is 15.1. The standard InChI is InChI=1S/C24H21BrN2O4/c1-2-3-4-6-16-13-27(14-19-18(25)7-5-8-26-19)23(28)24(16)15-31-20-12-22-21(11-17(20)24)29-9-10-30-22/h2-8,11-12H,1,9-10,13-15H2/b4-3-,16-6+. The smallest absolute Gasteiger partial charge is 0.241 e. The molecule has 0 radical (unpaired) electrons. The summed E-state index contributed by atoms with van der Waals surface area (Å²) >= 11 is 3.54. The number of hydrogen-bond donors (Lipinski definition) is 0. The zero-order chi connectivity index (χ0) is 21.4. The second-order valence-corrected chi connectivity index (χ2v) is 8.45. The Morgan fingerprint density at radius 1 is 1.16 bits per heavy atom. The lowest BCUT2D eigenvalue weighted by molar-refractivity contribution is -0.133. The van der Waals surface area contributed by atoms with Gasteiger partial charge in [0.2, 0.25) is 5.91 Å². The van der Waals surface area contributed by atoms with Crippen LogP contribution in [0.4, 0.5) is 0 Å². The molecule has 0 N–H and O–H groups in total. The zero-order valence-electron chi connectivity index (χ0n) is 16.8. The highest BCUT2D eigenvalue weighted by Gasteiger charge is 2.57. The van der Waals surface area contributed by atoms with Crippen molar-refractivity contribution < 1.29 is 19.0 Å². The van der Waals surface area contributed by atoms with Gasteiger partial charge < -0.3 is 19.1 Å². The van der Waals surface area contributed by atoms with Crippen LogP contribution in [0.3, 0.4) is 0 Å².